The summed E-state index contributed by atoms with van der Waals surface area (Å²) in [5, 5.41) is 13.8. The van der Waals surface area contributed by atoms with Gasteiger partial charge in [0.15, 0.2) is 5.78 Å². The van der Waals surface area contributed by atoms with E-state index < -0.39 is 41.7 Å². The van der Waals surface area contributed by atoms with Crippen LogP contribution in [0.3, 0.4) is 0 Å². The number of aryl methyl sites for hydroxylation is 2. The van der Waals surface area contributed by atoms with Crippen LogP contribution in [0.2, 0.25) is 5.02 Å². The summed E-state index contributed by atoms with van der Waals surface area (Å²) in [6.07, 6.45) is 0. The number of carbonyl (C=O) groups is 3. The van der Waals surface area contributed by atoms with Crippen molar-refractivity contribution in [3.8, 4) is 5.75 Å². The first-order valence-corrected chi connectivity index (χ1v) is 13.5. The number of carboxylic acids is 1. The van der Waals surface area contributed by atoms with Gasteiger partial charge < -0.3 is 24.5 Å². The number of hydrogen-bond donors (Lipinski definition) is 2. The second-order valence-corrected chi connectivity index (χ2v) is 10.6. The van der Waals surface area contributed by atoms with E-state index in [9.17, 15) is 23.9 Å². The molecule has 4 aromatic rings. The summed E-state index contributed by atoms with van der Waals surface area (Å²) >= 11 is 6.18. The molecule has 10 heteroatoms. The number of urea groups is 1. The smallest absolute Gasteiger partial charge is 0.327 e. The van der Waals surface area contributed by atoms with Crippen molar-refractivity contribution in [3.05, 3.63) is 118 Å². The lowest BCUT2D eigenvalue weighted by Gasteiger charge is -2.30. The average molecular weight is 591 g/mol. The number of hydrogen-bond acceptors (Lipinski definition) is 5. The molecule has 2 amide bonds. The lowest BCUT2D eigenvalue weighted by molar-refractivity contribution is -0.142. The van der Waals surface area contributed by atoms with E-state index in [0.717, 1.165) is 0 Å². The molecule has 0 bridgehead atoms. The highest BCUT2D eigenvalue weighted by Gasteiger charge is 2.58. The van der Waals surface area contributed by atoms with E-state index >= 15 is 0 Å². The number of anilines is 1. The second kappa shape index (κ2) is 11.7. The number of aliphatic carboxylic acids is 1. The van der Waals surface area contributed by atoms with Crippen LogP contribution in [0.15, 0.2) is 83.3 Å². The fourth-order valence-electron chi connectivity index (χ4n) is 5.76. The van der Waals surface area contributed by atoms with Crippen LogP contribution < -0.4 is 10.1 Å². The highest BCUT2D eigenvalue weighted by atomic mass is 35.5. The van der Waals surface area contributed by atoms with Crippen molar-refractivity contribution in [3.63, 3.8) is 0 Å². The van der Waals surface area contributed by atoms with Gasteiger partial charge in [0.05, 0.1) is 24.6 Å². The number of ketones is 1. The molecule has 2 heterocycles. The van der Waals surface area contributed by atoms with Crippen LogP contribution in [0.4, 0.5) is 14.9 Å². The van der Waals surface area contributed by atoms with Crippen molar-refractivity contribution in [1.29, 1.82) is 0 Å². The molecule has 5 rings (SSSR count). The minimum atomic E-state index is -1.46. The molecule has 4 atom stereocenters. The van der Waals surface area contributed by atoms with E-state index in [2.05, 4.69) is 5.32 Å². The molecule has 216 valence electrons. The summed E-state index contributed by atoms with van der Waals surface area (Å²) in [5.74, 6) is -2.68. The SMILES string of the molecule is COc1ccc(C2C(C(=O)c3cc(C)oc3C)C(c3ccc(Cl)cc3)N(C(=O)Nc3ccc(F)cc3)C2C(=O)O)cc1. The molecule has 1 aromatic heterocycles. The second-order valence-electron chi connectivity index (χ2n) is 10.1. The minimum absolute atomic E-state index is 0.262. The van der Waals surface area contributed by atoms with E-state index in [4.69, 9.17) is 20.8 Å². The topological polar surface area (TPSA) is 109 Å². The van der Waals surface area contributed by atoms with Crippen molar-refractivity contribution in [2.45, 2.75) is 31.8 Å². The maximum absolute atomic E-state index is 14.5. The summed E-state index contributed by atoms with van der Waals surface area (Å²) in [6.45, 7) is 3.39. The van der Waals surface area contributed by atoms with E-state index in [-0.39, 0.29) is 11.5 Å². The predicted octanol–water partition coefficient (Wildman–Crippen LogP) is 7.02. The van der Waals surface area contributed by atoms with Crippen molar-refractivity contribution < 1.29 is 33.0 Å². The molecule has 0 saturated carbocycles. The van der Waals surface area contributed by atoms with Crippen molar-refractivity contribution in [2.24, 2.45) is 5.92 Å². The molecule has 1 fully saturated rings. The number of ether oxygens (including phenoxy) is 1. The summed E-state index contributed by atoms with van der Waals surface area (Å²) in [6, 6.07) is 16.9. The molecule has 0 radical (unpaired) electrons. The zero-order valence-electron chi connectivity index (χ0n) is 23.0. The number of methoxy groups -OCH3 is 1. The van der Waals surface area contributed by atoms with Gasteiger partial charge in [0.1, 0.15) is 29.1 Å². The maximum atomic E-state index is 14.5. The van der Waals surface area contributed by atoms with Gasteiger partial charge in [-0.3, -0.25) is 4.79 Å². The molecule has 1 saturated heterocycles. The Labute approximate surface area is 246 Å². The van der Waals surface area contributed by atoms with Gasteiger partial charge in [0.2, 0.25) is 0 Å². The van der Waals surface area contributed by atoms with Gasteiger partial charge in [-0.1, -0.05) is 35.9 Å². The molecule has 2 N–H and O–H groups in total. The van der Waals surface area contributed by atoms with E-state index in [0.29, 0.717) is 39.0 Å². The monoisotopic (exact) mass is 590 g/mol. The lowest BCUT2D eigenvalue weighted by Crippen LogP contribution is -2.45. The van der Waals surface area contributed by atoms with Crippen LogP contribution in [-0.4, -0.2) is 40.9 Å². The number of benzene rings is 3. The fraction of sp³-hybridized carbons (Fsp3) is 0.219. The number of furan rings is 1. The van der Waals surface area contributed by atoms with Gasteiger partial charge in [0, 0.05) is 16.6 Å². The fourth-order valence-corrected chi connectivity index (χ4v) is 5.89. The standard InChI is InChI=1S/C32H28ClFN2O6/c1-17-16-25(18(2)42-17)30(37)27-26(19-6-14-24(41-3)15-7-19)29(31(38)39)36(28(27)20-4-8-21(33)9-5-20)32(40)35-23-12-10-22(34)11-13-23/h4-16,26-29H,1-3H3,(H,35,40)(H,38,39). The molecule has 1 aliphatic rings. The number of Topliss-reactive ketones (excluding diaryl/α,β-unsaturated/α-hetero) is 1. The normalized spacial score (nSPS) is 19.9. The molecule has 4 unspecified atom stereocenters. The molecule has 0 aliphatic carbocycles. The Balaban J connectivity index is 1.72. The Morgan fingerprint density at radius 3 is 2.12 bits per heavy atom. The van der Waals surface area contributed by atoms with Crippen LogP contribution in [-0.2, 0) is 4.79 Å². The minimum Gasteiger partial charge on any atom is -0.497 e. The molecule has 42 heavy (non-hydrogen) atoms. The van der Waals surface area contributed by atoms with Crippen LogP contribution in [0.1, 0.15) is 45.0 Å². The van der Waals surface area contributed by atoms with Gasteiger partial charge >= 0.3 is 12.0 Å². The zero-order valence-corrected chi connectivity index (χ0v) is 23.8. The highest BCUT2D eigenvalue weighted by Crippen LogP contribution is 2.52. The summed E-state index contributed by atoms with van der Waals surface area (Å²) in [7, 11) is 1.51. The summed E-state index contributed by atoms with van der Waals surface area (Å²) in [5.41, 5.74) is 1.62. The van der Waals surface area contributed by atoms with Crippen molar-refractivity contribution in [1.82, 2.24) is 4.90 Å². The number of carbonyl (C=O) groups excluding carboxylic acids is 2. The number of nitrogens with one attached hydrogen (secondary N) is 1. The quantitative estimate of drug-likeness (QED) is 0.224. The Kier molecular flexibility index (Phi) is 8.04. The Bertz CT molecular complexity index is 1620. The van der Waals surface area contributed by atoms with E-state index in [1.54, 1.807) is 68.4 Å². The van der Waals surface area contributed by atoms with Crippen LogP contribution in [0, 0.1) is 25.6 Å². The average Bonchev–Trinajstić information content (AvgIpc) is 3.51. The number of likely N-dealkylation sites (tertiary alicyclic amines) is 1. The van der Waals surface area contributed by atoms with Gasteiger partial charge in [-0.05, 0) is 79.6 Å². The number of rotatable bonds is 7. The number of amides is 2. The molecular formula is C32H28ClFN2O6. The van der Waals surface area contributed by atoms with Gasteiger partial charge in [0.25, 0.3) is 0 Å². The highest BCUT2D eigenvalue weighted by molar-refractivity contribution is 6.30. The molecule has 0 spiro atoms. The lowest BCUT2D eigenvalue weighted by atomic mass is 9.76. The first-order valence-electron chi connectivity index (χ1n) is 13.2. The van der Waals surface area contributed by atoms with E-state index in [1.807, 2.05) is 0 Å². The third-order valence-corrected chi connectivity index (χ3v) is 7.82. The van der Waals surface area contributed by atoms with Gasteiger partial charge in [-0.2, -0.15) is 0 Å². The molecular weight excluding hydrogens is 563 g/mol. The Morgan fingerprint density at radius 1 is 0.952 bits per heavy atom. The van der Waals surface area contributed by atoms with Gasteiger partial charge in [-0.25, -0.2) is 14.0 Å². The molecule has 3 aromatic carbocycles. The number of nitrogens with zero attached hydrogens (tertiary/aromatic N) is 1. The third kappa shape index (κ3) is 5.47. The van der Waals surface area contributed by atoms with E-state index in [1.165, 1.54) is 36.3 Å². The zero-order chi connectivity index (χ0) is 30.1. The van der Waals surface area contributed by atoms with Crippen molar-refractivity contribution in [2.75, 3.05) is 12.4 Å². The predicted molar refractivity (Wildman–Crippen MR) is 155 cm³/mol. The Morgan fingerprint density at radius 2 is 1.57 bits per heavy atom. The van der Waals surface area contributed by atoms with Crippen molar-refractivity contribution >= 4 is 35.1 Å². The molecule has 1 aliphatic heterocycles. The summed E-state index contributed by atoms with van der Waals surface area (Å²) < 4.78 is 24.5. The molecule has 8 nitrogen and oxygen atoms in total. The number of halogens is 2. The first kappa shape index (κ1) is 28.9. The maximum Gasteiger partial charge on any atom is 0.327 e. The third-order valence-electron chi connectivity index (χ3n) is 7.57. The number of carboxylic acid groups (broad SMARTS) is 1. The van der Waals surface area contributed by atoms with Gasteiger partial charge in [-0.15, -0.1) is 0 Å². The Hall–Kier alpha value is -4.63. The largest absolute Gasteiger partial charge is 0.497 e. The van der Waals surface area contributed by atoms with Crippen LogP contribution >= 0.6 is 11.6 Å². The van der Waals surface area contributed by atoms with Crippen LogP contribution in [0.5, 0.6) is 5.75 Å². The van der Waals surface area contributed by atoms with Crippen LogP contribution in [0.25, 0.3) is 0 Å². The first-order chi connectivity index (χ1) is 20.1. The summed E-state index contributed by atoms with van der Waals surface area (Å²) in [4.78, 5) is 42.7.